The largest absolute Gasteiger partial charge is 0.466 e. The molecule has 10 heteroatoms. The Labute approximate surface area is 255 Å². The molecule has 10 nitrogen and oxygen atoms in total. The second-order valence-electron chi connectivity index (χ2n) is 10.9. The molecule has 234 valence electrons. The lowest BCUT2D eigenvalue weighted by molar-refractivity contribution is -0.145. The summed E-state index contributed by atoms with van der Waals surface area (Å²) in [5, 5.41) is 5.76. The van der Waals surface area contributed by atoms with Gasteiger partial charge in [-0.15, -0.1) is 0 Å². The van der Waals surface area contributed by atoms with Gasteiger partial charge in [-0.05, 0) is 68.0 Å². The lowest BCUT2D eigenvalue weighted by Gasteiger charge is -2.34. The second kappa shape index (κ2) is 18.0. The first-order valence-electron chi connectivity index (χ1n) is 15.2. The van der Waals surface area contributed by atoms with Gasteiger partial charge in [0.25, 0.3) is 0 Å². The summed E-state index contributed by atoms with van der Waals surface area (Å²) < 4.78 is 10.4. The van der Waals surface area contributed by atoms with Crippen LogP contribution in [0, 0.1) is 0 Å². The van der Waals surface area contributed by atoms with Crippen molar-refractivity contribution in [3.05, 3.63) is 59.7 Å². The van der Waals surface area contributed by atoms with Gasteiger partial charge < -0.3 is 24.6 Å². The Balaban J connectivity index is 0.000000259. The van der Waals surface area contributed by atoms with Crippen LogP contribution in [0.1, 0.15) is 68.9 Å². The number of piperidine rings is 2. The monoisotopic (exact) mass is 594 g/mol. The van der Waals surface area contributed by atoms with Gasteiger partial charge in [0.2, 0.25) is 18.2 Å². The van der Waals surface area contributed by atoms with Crippen LogP contribution < -0.4 is 20.4 Å². The van der Waals surface area contributed by atoms with Gasteiger partial charge in [-0.3, -0.25) is 24.5 Å². The van der Waals surface area contributed by atoms with E-state index in [1.165, 1.54) is 5.56 Å². The van der Waals surface area contributed by atoms with Crippen molar-refractivity contribution >= 4 is 35.6 Å². The molecule has 2 fully saturated rings. The summed E-state index contributed by atoms with van der Waals surface area (Å²) in [7, 11) is 3.55. The van der Waals surface area contributed by atoms with E-state index in [-0.39, 0.29) is 17.8 Å². The molecule has 2 aromatic carbocycles. The summed E-state index contributed by atoms with van der Waals surface area (Å²) in [6.45, 7) is 5.55. The molecule has 0 aromatic heterocycles. The molecule has 0 radical (unpaired) electrons. The number of hydrogen-bond donors (Lipinski definition) is 2. The van der Waals surface area contributed by atoms with Crippen molar-refractivity contribution in [2.75, 3.05) is 50.2 Å². The van der Waals surface area contributed by atoms with Gasteiger partial charge in [0, 0.05) is 20.5 Å². The Morgan fingerprint density at radius 1 is 1.00 bits per heavy atom. The summed E-state index contributed by atoms with van der Waals surface area (Å²) in [5.41, 5.74) is 3.93. The van der Waals surface area contributed by atoms with Crippen molar-refractivity contribution in [2.45, 2.75) is 70.4 Å². The quantitative estimate of drug-likeness (QED) is 0.155. The molecule has 2 saturated heterocycles. The van der Waals surface area contributed by atoms with Crippen LogP contribution in [-0.2, 0) is 35.3 Å². The zero-order valence-electron chi connectivity index (χ0n) is 25.7. The molecule has 2 aliphatic rings. The number of likely N-dealkylation sites (N-methyl/N-ethyl adjacent to an activating group) is 1. The Morgan fingerprint density at radius 2 is 1.74 bits per heavy atom. The van der Waals surface area contributed by atoms with Crippen LogP contribution in [0.3, 0.4) is 0 Å². The van der Waals surface area contributed by atoms with E-state index in [2.05, 4.69) is 29.7 Å². The number of imide groups is 1. The first-order valence-corrected chi connectivity index (χ1v) is 15.2. The molecule has 0 saturated carbocycles. The first-order chi connectivity index (χ1) is 20.8. The molecule has 2 N–H and O–H groups in total. The number of amides is 3. The molecule has 2 aliphatic heterocycles. The van der Waals surface area contributed by atoms with E-state index in [4.69, 9.17) is 9.47 Å². The van der Waals surface area contributed by atoms with Gasteiger partial charge >= 0.3 is 5.97 Å². The minimum atomic E-state index is -0.420. The number of anilines is 2. The highest BCUT2D eigenvalue weighted by Gasteiger charge is 2.31. The minimum absolute atomic E-state index is 0.175. The van der Waals surface area contributed by atoms with Crippen molar-refractivity contribution in [3.63, 3.8) is 0 Å². The van der Waals surface area contributed by atoms with Crippen molar-refractivity contribution in [3.8, 4) is 0 Å². The standard InChI is InChI=1S/C19H26N4O3.C14H20O3/c1-22(12-24)17-11-14(13-7-9-20-10-8-13)3-4-15(17)23(2)16-5-6-18(25)21-19(16)26;1-2-3-10-17-14(15)9-11-16-12-13-7-5-4-6-8-13/h3-4,11-13,16,20H,5-10H2,1-2H3,(H,21,25,26);4-8H,2-3,9-12H2,1H3. The molecule has 2 aromatic rings. The maximum absolute atomic E-state index is 12.2. The van der Waals surface area contributed by atoms with Crippen molar-refractivity contribution in [1.29, 1.82) is 0 Å². The van der Waals surface area contributed by atoms with E-state index in [9.17, 15) is 19.2 Å². The number of carbonyl (C=O) groups excluding carboxylic acids is 4. The topological polar surface area (TPSA) is 117 Å². The summed E-state index contributed by atoms with van der Waals surface area (Å²) in [5.74, 6) is -0.214. The average Bonchev–Trinajstić information content (AvgIpc) is 3.03. The number of ether oxygens (including phenoxy) is 2. The fourth-order valence-corrected chi connectivity index (χ4v) is 5.13. The minimum Gasteiger partial charge on any atom is -0.466 e. The predicted octanol–water partition coefficient (Wildman–Crippen LogP) is 3.92. The highest BCUT2D eigenvalue weighted by molar-refractivity contribution is 6.02. The maximum Gasteiger partial charge on any atom is 0.308 e. The summed E-state index contributed by atoms with van der Waals surface area (Å²) >= 11 is 0. The van der Waals surface area contributed by atoms with Gasteiger partial charge in [-0.25, -0.2) is 0 Å². The summed E-state index contributed by atoms with van der Waals surface area (Å²) in [6, 6.07) is 15.6. The lowest BCUT2D eigenvalue weighted by Crippen LogP contribution is -2.51. The number of unbranched alkanes of at least 4 members (excludes halogenated alkanes) is 1. The highest BCUT2D eigenvalue weighted by atomic mass is 16.5. The molecule has 1 atom stereocenters. The molecule has 0 aliphatic carbocycles. The normalized spacial score (nSPS) is 16.9. The maximum atomic E-state index is 12.2. The van der Waals surface area contributed by atoms with Crippen LogP contribution in [0.4, 0.5) is 11.4 Å². The predicted molar refractivity (Wildman–Crippen MR) is 167 cm³/mol. The lowest BCUT2D eigenvalue weighted by atomic mass is 9.89. The zero-order valence-corrected chi connectivity index (χ0v) is 25.7. The number of carbonyl (C=O) groups is 4. The third kappa shape index (κ3) is 10.8. The zero-order chi connectivity index (χ0) is 31.0. The molecule has 4 rings (SSSR count). The van der Waals surface area contributed by atoms with Crippen molar-refractivity contribution < 1.29 is 28.7 Å². The van der Waals surface area contributed by atoms with Gasteiger partial charge in [0.15, 0.2) is 0 Å². The number of nitrogens with one attached hydrogen (secondary N) is 2. The number of hydrogen-bond acceptors (Lipinski definition) is 8. The number of esters is 1. The number of nitrogens with zero attached hydrogens (tertiary/aromatic N) is 2. The second-order valence-corrected chi connectivity index (χ2v) is 10.9. The van der Waals surface area contributed by atoms with Gasteiger partial charge in [0.05, 0.1) is 37.6 Å². The van der Waals surface area contributed by atoms with Crippen LogP contribution in [-0.4, -0.2) is 70.6 Å². The van der Waals surface area contributed by atoms with Crippen LogP contribution in [0.15, 0.2) is 48.5 Å². The van der Waals surface area contributed by atoms with E-state index in [0.717, 1.165) is 62.1 Å². The van der Waals surface area contributed by atoms with E-state index in [1.54, 1.807) is 11.9 Å². The fourth-order valence-electron chi connectivity index (χ4n) is 5.13. The van der Waals surface area contributed by atoms with Crippen LogP contribution in [0.5, 0.6) is 0 Å². The molecular weight excluding hydrogens is 548 g/mol. The van der Waals surface area contributed by atoms with Crippen LogP contribution >= 0.6 is 0 Å². The SMILES string of the molecule is CCCCOC(=O)CCOCc1ccccc1.CN(C=O)c1cc(C2CCNCC2)ccc1N(C)C1CCC(=O)NC1=O. The summed E-state index contributed by atoms with van der Waals surface area (Å²) in [6.07, 6.45) is 6.03. The van der Waals surface area contributed by atoms with Crippen LogP contribution in [0.25, 0.3) is 0 Å². The molecule has 1 unspecified atom stereocenters. The smallest absolute Gasteiger partial charge is 0.308 e. The van der Waals surface area contributed by atoms with Gasteiger partial charge in [-0.1, -0.05) is 49.7 Å². The Morgan fingerprint density at radius 3 is 2.42 bits per heavy atom. The van der Waals surface area contributed by atoms with Crippen molar-refractivity contribution in [1.82, 2.24) is 10.6 Å². The van der Waals surface area contributed by atoms with E-state index < -0.39 is 6.04 Å². The molecule has 0 spiro atoms. The van der Waals surface area contributed by atoms with E-state index in [1.807, 2.05) is 48.3 Å². The number of benzene rings is 2. The molecule has 2 heterocycles. The Hall–Kier alpha value is -3.76. The third-order valence-corrected chi connectivity index (χ3v) is 7.73. The highest BCUT2D eigenvalue weighted by Crippen LogP contribution is 2.35. The third-order valence-electron chi connectivity index (χ3n) is 7.73. The van der Waals surface area contributed by atoms with Gasteiger partial charge in [0.1, 0.15) is 6.04 Å². The molecule has 3 amide bonds. The summed E-state index contributed by atoms with van der Waals surface area (Å²) in [4.78, 5) is 49.7. The molecule has 43 heavy (non-hydrogen) atoms. The van der Waals surface area contributed by atoms with Gasteiger partial charge in [-0.2, -0.15) is 0 Å². The first kappa shape index (κ1) is 33.7. The van der Waals surface area contributed by atoms with Crippen LogP contribution in [0.2, 0.25) is 0 Å². The van der Waals surface area contributed by atoms with Crippen molar-refractivity contribution in [2.24, 2.45) is 0 Å². The average molecular weight is 595 g/mol. The molecular formula is C33H46N4O6. The Bertz CT molecular complexity index is 1190. The fraction of sp³-hybridized carbons (Fsp3) is 0.515. The van der Waals surface area contributed by atoms with E-state index in [0.29, 0.717) is 45.0 Å². The molecule has 0 bridgehead atoms. The van der Waals surface area contributed by atoms with E-state index >= 15 is 0 Å². The number of rotatable bonds is 13. The Kier molecular flexibility index (Phi) is 14.1.